The van der Waals surface area contributed by atoms with Crippen LogP contribution in [0.4, 0.5) is 5.69 Å². The van der Waals surface area contributed by atoms with E-state index in [4.69, 9.17) is 9.15 Å². The summed E-state index contributed by atoms with van der Waals surface area (Å²) in [4.78, 5) is 30.8. The molecule has 1 aliphatic rings. The molecular formula is C26H23N3O4. The fourth-order valence-corrected chi connectivity index (χ4v) is 4.00. The van der Waals surface area contributed by atoms with Crippen molar-refractivity contribution in [3.05, 3.63) is 84.1 Å². The first-order valence-electron chi connectivity index (χ1n) is 10.9. The normalized spacial score (nSPS) is 15.5. The average Bonchev–Trinajstić information content (AvgIpc) is 3.57. The lowest BCUT2D eigenvalue weighted by Crippen LogP contribution is -2.32. The number of carbonyl (C=O) groups excluding carboxylic acids is 2. The van der Waals surface area contributed by atoms with Gasteiger partial charge in [-0.05, 0) is 49.2 Å². The Hall–Kier alpha value is -3.97. The summed E-state index contributed by atoms with van der Waals surface area (Å²) in [7, 11) is 0. The molecule has 0 bridgehead atoms. The van der Waals surface area contributed by atoms with Crippen molar-refractivity contribution in [3.8, 4) is 11.5 Å². The van der Waals surface area contributed by atoms with Gasteiger partial charge in [0.15, 0.2) is 5.76 Å². The zero-order valence-corrected chi connectivity index (χ0v) is 17.9. The van der Waals surface area contributed by atoms with Crippen LogP contribution in [0.25, 0.3) is 22.4 Å². The number of fused-ring (bicyclic) bond motifs is 1. The topological polar surface area (TPSA) is 93.5 Å². The number of para-hydroxylation sites is 2. The Balaban J connectivity index is 1.43. The molecule has 2 aromatic carbocycles. The van der Waals surface area contributed by atoms with Crippen molar-refractivity contribution in [2.24, 2.45) is 0 Å². The highest BCUT2D eigenvalue weighted by atomic mass is 16.5. The number of hydrogen-bond donors (Lipinski definition) is 2. The molecule has 1 saturated heterocycles. The number of furan rings is 1. The van der Waals surface area contributed by atoms with Gasteiger partial charge in [0.1, 0.15) is 5.69 Å². The predicted molar refractivity (Wildman–Crippen MR) is 125 cm³/mol. The van der Waals surface area contributed by atoms with Gasteiger partial charge in [-0.15, -0.1) is 0 Å². The van der Waals surface area contributed by atoms with Crippen LogP contribution >= 0.6 is 0 Å². The number of amides is 2. The van der Waals surface area contributed by atoms with Gasteiger partial charge in [0.05, 0.1) is 34.7 Å². The summed E-state index contributed by atoms with van der Waals surface area (Å²) in [5.74, 6) is -0.0123. The second-order valence-electron chi connectivity index (χ2n) is 7.89. The summed E-state index contributed by atoms with van der Waals surface area (Å²) < 4.78 is 11.1. The number of hydrogen-bond acceptors (Lipinski definition) is 5. The van der Waals surface area contributed by atoms with E-state index in [2.05, 4.69) is 15.6 Å². The second-order valence-corrected chi connectivity index (χ2v) is 7.89. The Morgan fingerprint density at radius 3 is 2.64 bits per heavy atom. The minimum absolute atomic E-state index is 0.0407. The van der Waals surface area contributed by atoms with Crippen LogP contribution in [0.15, 0.2) is 77.4 Å². The van der Waals surface area contributed by atoms with E-state index in [1.54, 1.807) is 48.7 Å². The molecule has 33 heavy (non-hydrogen) atoms. The Kier molecular flexibility index (Phi) is 5.87. The fraction of sp³-hybridized carbons (Fsp3) is 0.192. The largest absolute Gasteiger partial charge is 0.463 e. The van der Waals surface area contributed by atoms with Crippen molar-refractivity contribution in [2.45, 2.75) is 18.9 Å². The third-order valence-corrected chi connectivity index (χ3v) is 5.67. The van der Waals surface area contributed by atoms with Crippen molar-refractivity contribution in [1.82, 2.24) is 10.3 Å². The van der Waals surface area contributed by atoms with E-state index in [9.17, 15) is 9.59 Å². The SMILES string of the molecule is O=C(NCC1CCCO1)c1ccccc1NC(=O)c1cc(-c2ccco2)nc2ccccc12. The molecule has 0 spiro atoms. The number of benzene rings is 2. The Morgan fingerprint density at radius 2 is 1.82 bits per heavy atom. The van der Waals surface area contributed by atoms with Gasteiger partial charge in [-0.2, -0.15) is 0 Å². The molecule has 0 aliphatic carbocycles. The zero-order valence-electron chi connectivity index (χ0n) is 17.9. The summed E-state index contributed by atoms with van der Waals surface area (Å²) in [6, 6.07) is 19.7. The number of anilines is 1. The first-order valence-corrected chi connectivity index (χ1v) is 10.9. The molecule has 3 heterocycles. The van der Waals surface area contributed by atoms with E-state index in [-0.39, 0.29) is 17.9 Å². The van der Waals surface area contributed by atoms with Crippen molar-refractivity contribution in [2.75, 3.05) is 18.5 Å². The molecule has 1 unspecified atom stereocenters. The van der Waals surface area contributed by atoms with Crippen molar-refractivity contribution < 1.29 is 18.7 Å². The van der Waals surface area contributed by atoms with Crippen molar-refractivity contribution in [1.29, 1.82) is 0 Å². The summed E-state index contributed by atoms with van der Waals surface area (Å²) >= 11 is 0. The van der Waals surface area contributed by atoms with Gasteiger partial charge >= 0.3 is 0 Å². The second kappa shape index (κ2) is 9.26. The number of carbonyl (C=O) groups is 2. The van der Waals surface area contributed by atoms with Crippen LogP contribution in [0.2, 0.25) is 0 Å². The van der Waals surface area contributed by atoms with Gasteiger partial charge in [0.25, 0.3) is 11.8 Å². The fourth-order valence-electron chi connectivity index (χ4n) is 4.00. The number of rotatable bonds is 6. The molecule has 7 heteroatoms. The Morgan fingerprint density at radius 1 is 0.970 bits per heavy atom. The van der Waals surface area contributed by atoms with Crippen LogP contribution in [0.5, 0.6) is 0 Å². The third-order valence-electron chi connectivity index (χ3n) is 5.67. The molecule has 1 atom stereocenters. The van der Waals surface area contributed by atoms with E-state index >= 15 is 0 Å². The zero-order chi connectivity index (χ0) is 22.6. The number of nitrogens with one attached hydrogen (secondary N) is 2. The van der Waals surface area contributed by atoms with E-state index in [1.165, 1.54) is 0 Å². The molecule has 5 rings (SSSR count). The van der Waals surface area contributed by atoms with Crippen LogP contribution in [0.3, 0.4) is 0 Å². The number of pyridine rings is 1. The molecular weight excluding hydrogens is 418 g/mol. The van der Waals surface area contributed by atoms with E-state index in [0.29, 0.717) is 45.7 Å². The minimum Gasteiger partial charge on any atom is -0.463 e. The van der Waals surface area contributed by atoms with Gasteiger partial charge in [0, 0.05) is 18.5 Å². The number of ether oxygens (including phenoxy) is 1. The molecule has 0 saturated carbocycles. The molecule has 4 aromatic rings. The maximum absolute atomic E-state index is 13.4. The van der Waals surface area contributed by atoms with Gasteiger partial charge in [-0.1, -0.05) is 30.3 Å². The van der Waals surface area contributed by atoms with Crippen molar-refractivity contribution >= 4 is 28.4 Å². The Labute approximate surface area is 190 Å². The van der Waals surface area contributed by atoms with Crippen LogP contribution in [-0.2, 0) is 4.74 Å². The third kappa shape index (κ3) is 4.49. The predicted octanol–water partition coefficient (Wildman–Crippen LogP) is 4.66. The van der Waals surface area contributed by atoms with Gasteiger partial charge in [0.2, 0.25) is 0 Å². The number of aromatic nitrogens is 1. The van der Waals surface area contributed by atoms with E-state index < -0.39 is 0 Å². The first-order chi connectivity index (χ1) is 16.2. The molecule has 2 amide bonds. The lowest BCUT2D eigenvalue weighted by molar-refractivity contribution is 0.0858. The lowest BCUT2D eigenvalue weighted by Gasteiger charge is -2.14. The van der Waals surface area contributed by atoms with Crippen LogP contribution in [0, 0.1) is 0 Å². The van der Waals surface area contributed by atoms with E-state index in [0.717, 1.165) is 19.4 Å². The summed E-state index contributed by atoms with van der Waals surface area (Å²) in [5.41, 5.74) is 2.52. The Bertz CT molecular complexity index is 1290. The van der Waals surface area contributed by atoms with Crippen LogP contribution in [0.1, 0.15) is 33.6 Å². The highest BCUT2D eigenvalue weighted by Crippen LogP contribution is 2.26. The maximum Gasteiger partial charge on any atom is 0.256 e. The molecule has 2 aromatic heterocycles. The quantitative estimate of drug-likeness (QED) is 0.454. The molecule has 0 radical (unpaired) electrons. The van der Waals surface area contributed by atoms with Gasteiger partial charge < -0.3 is 19.8 Å². The van der Waals surface area contributed by atoms with Gasteiger partial charge in [-0.3, -0.25) is 9.59 Å². The monoisotopic (exact) mass is 441 g/mol. The maximum atomic E-state index is 13.4. The first kappa shape index (κ1) is 20.9. The molecule has 1 aliphatic heterocycles. The molecule has 7 nitrogen and oxygen atoms in total. The molecule has 1 fully saturated rings. The van der Waals surface area contributed by atoms with Gasteiger partial charge in [-0.25, -0.2) is 4.98 Å². The lowest BCUT2D eigenvalue weighted by atomic mass is 10.1. The van der Waals surface area contributed by atoms with Crippen LogP contribution < -0.4 is 10.6 Å². The summed E-state index contributed by atoms with van der Waals surface area (Å²) in [6.45, 7) is 1.18. The summed E-state index contributed by atoms with van der Waals surface area (Å²) in [5, 5.41) is 6.54. The minimum atomic E-state index is -0.333. The smallest absolute Gasteiger partial charge is 0.256 e. The molecule has 2 N–H and O–H groups in total. The molecule has 166 valence electrons. The van der Waals surface area contributed by atoms with E-state index in [1.807, 2.05) is 24.3 Å². The highest BCUT2D eigenvalue weighted by molar-refractivity contribution is 6.15. The number of nitrogens with zero attached hydrogens (tertiary/aromatic N) is 1. The standard InChI is InChI=1S/C26H23N3O4/c30-25(27-16-17-7-5-13-32-17)19-9-2-4-11-22(19)29-26(31)20-15-23(24-12-6-14-33-24)28-21-10-3-1-8-18(20)21/h1-4,6,8-12,14-15,17H,5,7,13,16H2,(H,27,30)(H,29,31). The summed E-state index contributed by atoms with van der Waals surface area (Å²) in [6.07, 6.45) is 3.55. The van der Waals surface area contributed by atoms with Crippen LogP contribution in [-0.4, -0.2) is 36.1 Å². The highest BCUT2D eigenvalue weighted by Gasteiger charge is 2.20. The van der Waals surface area contributed by atoms with Crippen molar-refractivity contribution in [3.63, 3.8) is 0 Å². The average molecular weight is 441 g/mol.